The van der Waals surface area contributed by atoms with Crippen molar-refractivity contribution in [1.82, 2.24) is 0 Å². The monoisotopic (exact) mass is 375 g/mol. The Labute approximate surface area is 172 Å². The first-order valence-corrected chi connectivity index (χ1v) is 10.3. The molecule has 6 rings (SSSR count). The van der Waals surface area contributed by atoms with Crippen LogP contribution >= 0.6 is 0 Å². The quantitative estimate of drug-likeness (QED) is 0.331. The average Bonchev–Trinajstić information content (AvgIpc) is 2.75. The Morgan fingerprint density at radius 2 is 1.45 bits per heavy atom. The first-order valence-electron chi connectivity index (χ1n) is 10.3. The third-order valence-corrected chi connectivity index (χ3v) is 6.21. The van der Waals surface area contributed by atoms with Crippen LogP contribution < -0.4 is 5.73 Å². The van der Waals surface area contributed by atoms with Crippen molar-refractivity contribution >= 4 is 32.8 Å². The second-order valence-electron chi connectivity index (χ2n) is 8.05. The largest absolute Gasteiger partial charge is 0.398 e. The zero-order valence-corrected chi connectivity index (χ0v) is 17.0. The number of nitrogens with two attached hydrogens (primary N) is 1. The SMILES string of the molecule is Cc1ccc2c3c4c(ccc13)CC=CC4=CC2.Cc1cccc2c(N)cccc12. The minimum absolute atomic E-state index is 0.858. The van der Waals surface area contributed by atoms with Gasteiger partial charge in [-0.25, -0.2) is 0 Å². The zero-order valence-electron chi connectivity index (χ0n) is 17.0. The maximum absolute atomic E-state index is 5.83. The molecule has 1 nitrogen and oxygen atoms in total. The summed E-state index contributed by atoms with van der Waals surface area (Å²) in [6.45, 7) is 4.31. The predicted molar refractivity (Wildman–Crippen MR) is 126 cm³/mol. The van der Waals surface area contributed by atoms with Crippen LogP contribution in [0.2, 0.25) is 0 Å². The number of nitrogen functional groups attached to an aromatic ring is 1. The summed E-state index contributed by atoms with van der Waals surface area (Å²) < 4.78 is 0. The van der Waals surface area contributed by atoms with E-state index >= 15 is 0 Å². The summed E-state index contributed by atoms with van der Waals surface area (Å²) in [5.74, 6) is 0. The van der Waals surface area contributed by atoms with Crippen LogP contribution in [0.25, 0.3) is 27.1 Å². The smallest absolute Gasteiger partial charge is 0.0393 e. The fraction of sp³-hybridized carbons (Fsp3) is 0.143. The van der Waals surface area contributed by atoms with Crippen molar-refractivity contribution in [3.8, 4) is 0 Å². The van der Waals surface area contributed by atoms with Gasteiger partial charge in [0.2, 0.25) is 0 Å². The second-order valence-corrected chi connectivity index (χ2v) is 8.05. The van der Waals surface area contributed by atoms with Gasteiger partial charge in [-0.1, -0.05) is 72.8 Å². The molecular formula is C28H25N. The van der Waals surface area contributed by atoms with Crippen LogP contribution in [0.5, 0.6) is 0 Å². The number of anilines is 1. The summed E-state index contributed by atoms with van der Waals surface area (Å²) in [5.41, 5.74) is 15.2. The van der Waals surface area contributed by atoms with E-state index in [9.17, 15) is 0 Å². The fourth-order valence-electron chi connectivity index (χ4n) is 4.65. The lowest BCUT2D eigenvalue weighted by atomic mass is 9.81. The van der Waals surface area contributed by atoms with Gasteiger partial charge >= 0.3 is 0 Å². The Hall–Kier alpha value is -3.32. The third-order valence-electron chi connectivity index (χ3n) is 6.21. The molecule has 0 atom stereocenters. The molecule has 0 unspecified atom stereocenters. The molecule has 142 valence electrons. The minimum atomic E-state index is 0.858. The first-order chi connectivity index (χ1) is 14.1. The maximum Gasteiger partial charge on any atom is 0.0393 e. The molecule has 2 N–H and O–H groups in total. The van der Waals surface area contributed by atoms with Crippen molar-refractivity contribution in [2.24, 2.45) is 0 Å². The summed E-state index contributed by atoms with van der Waals surface area (Å²) in [4.78, 5) is 0. The Morgan fingerprint density at radius 3 is 2.31 bits per heavy atom. The lowest BCUT2D eigenvalue weighted by Gasteiger charge is -2.23. The summed E-state index contributed by atoms with van der Waals surface area (Å²) in [7, 11) is 0. The third kappa shape index (κ3) is 2.94. The van der Waals surface area contributed by atoms with E-state index in [-0.39, 0.29) is 0 Å². The van der Waals surface area contributed by atoms with Crippen LogP contribution in [-0.2, 0) is 12.8 Å². The standard InChI is InChI=1S/C17H14.C11H11N/c1-11-5-6-14-8-7-12-3-2-4-13-9-10-15(11)17(14)16(12)13;1-8-4-2-6-10-9(8)5-3-7-11(10)12/h2-3,5-7,9-10H,4,8H2,1H3;2-7H,12H2,1H3. The lowest BCUT2D eigenvalue weighted by Crippen LogP contribution is -2.04. The van der Waals surface area contributed by atoms with Crippen LogP contribution in [0.1, 0.15) is 27.8 Å². The molecule has 0 aliphatic heterocycles. The lowest BCUT2D eigenvalue weighted by molar-refractivity contribution is 1.20. The molecule has 0 saturated heterocycles. The molecule has 2 aliphatic rings. The van der Waals surface area contributed by atoms with Crippen molar-refractivity contribution in [1.29, 1.82) is 0 Å². The predicted octanol–water partition coefficient (Wildman–Crippen LogP) is 6.93. The van der Waals surface area contributed by atoms with Crippen molar-refractivity contribution < 1.29 is 0 Å². The van der Waals surface area contributed by atoms with Crippen LogP contribution in [-0.4, -0.2) is 0 Å². The van der Waals surface area contributed by atoms with Gasteiger partial charge in [0.15, 0.2) is 0 Å². The first kappa shape index (κ1) is 17.8. The van der Waals surface area contributed by atoms with E-state index in [4.69, 9.17) is 5.73 Å². The van der Waals surface area contributed by atoms with Crippen molar-refractivity contribution in [3.63, 3.8) is 0 Å². The molecule has 0 fully saturated rings. The molecule has 0 heterocycles. The average molecular weight is 376 g/mol. The Balaban J connectivity index is 0.000000134. The highest BCUT2D eigenvalue weighted by atomic mass is 14.5. The summed E-state index contributed by atoms with van der Waals surface area (Å²) in [6, 6.07) is 21.4. The highest BCUT2D eigenvalue weighted by Crippen LogP contribution is 2.39. The molecule has 29 heavy (non-hydrogen) atoms. The summed E-state index contributed by atoms with van der Waals surface area (Å²) in [6.07, 6.45) is 9.09. The second kappa shape index (κ2) is 6.93. The normalized spacial score (nSPS) is 13.8. The van der Waals surface area contributed by atoms with Gasteiger partial charge in [-0.15, -0.1) is 0 Å². The number of benzene rings is 4. The molecule has 0 radical (unpaired) electrons. The minimum Gasteiger partial charge on any atom is -0.398 e. The fourth-order valence-corrected chi connectivity index (χ4v) is 4.65. The molecule has 0 amide bonds. The Kier molecular flexibility index (Phi) is 4.24. The van der Waals surface area contributed by atoms with Crippen LogP contribution in [0.15, 0.2) is 78.9 Å². The van der Waals surface area contributed by atoms with Crippen molar-refractivity contribution in [3.05, 3.63) is 107 Å². The Bertz CT molecular complexity index is 1280. The number of fused-ring (bicyclic) bond motifs is 1. The van der Waals surface area contributed by atoms with E-state index in [1.54, 1.807) is 0 Å². The van der Waals surface area contributed by atoms with Gasteiger partial charge in [0.1, 0.15) is 0 Å². The van der Waals surface area contributed by atoms with E-state index in [1.807, 2.05) is 18.2 Å². The summed E-state index contributed by atoms with van der Waals surface area (Å²) >= 11 is 0. The van der Waals surface area contributed by atoms with Gasteiger partial charge in [0.25, 0.3) is 0 Å². The molecular weight excluding hydrogens is 350 g/mol. The van der Waals surface area contributed by atoms with E-state index in [0.717, 1.165) is 23.9 Å². The highest BCUT2D eigenvalue weighted by molar-refractivity contribution is 6.03. The molecule has 0 spiro atoms. The number of hydrogen-bond acceptors (Lipinski definition) is 1. The molecule has 4 aromatic rings. The number of aryl methyl sites for hydroxylation is 2. The number of allylic oxidation sites excluding steroid dienone is 4. The molecule has 0 bridgehead atoms. The van der Waals surface area contributed by atoms with E-state index in [0.29, 0.717) is 0 Å². The highest BCUT2D eigenvalue weighted by Gasteiger charge is 2.19. The van der Waals surface area contributed by atoms with Gasteiger partial charge in [0, 0.05) is 11.1 Å². The van der Waals surface area contributed by atoms with Gasteiger partial charge in [-0.2, -0.15) is 0 Å². The van der Waals surface area contributed by atoms with Crippen molar-refractivity contribution in [2.45, 2.75) is 26.7 Å². The van der Waals surface area contributed by atoms with Gasteiger partial charge in [-0.05, 0) is 82.3 Å². The topological polar surface area (TPSA) is 26.0 Å². The maximum atomic E-state index is 5.83. The van der Waals surface area contributed by atoms with Gasteiger partial charge in [0.05, 0.1) is 0 Å². The van der Waals surface area contributed by atoms with Crippen LogP contribution in [0.4, 0.5) is 5.69 Å². The van der Waals surface area contributed by atoms with Crippen LogP contribution in [0, 0.1) is 13.8 Å². The molecule has 2 aliphatic carbocycles. The Morgan fingerprint density at radius 1 is 0.690 bits per heavy atom. The molecule has 0 saturated carbocycles. The summed E-state index contributed by atoms with van der Waals surface area (Å²) in [5, 5.41) is 5.33. The van der Waals surface area contributed by atoms with E-state index in [2.05, 4.69) is 74.5 Å². The van der Waals surface area contributed by atoms with Gasteiger partial charge in [-0.3, -0.25) is 0 Å². The number of rotatable bonds is 0. The number of hydrogen-bond donors (Lipinski definition) is 1. The molecule has 0 aromatic heterocycles. The van der Waals surface area contributed by atoms with Crippen molar-refractivity contribution in [2.75, 3.05) is 5.73 Å². The van der Waals surface area contributed by atoms with Crippen LogP contribution in [0.3, 0.4) is 0 Å². The molecule has 4 aromatic carbocycles. The van der Waals surface area contributed by atoms with E-state index < -0.39 is 0 Å². The molecule has 1 heteroatoms. The van der Waals surface area contributed by atoms with E-state index in [1.165, 1.54) is 49.5 Å². The van der Waals surface area contributed by atoms with Gasteiger partial charge < -0.3 is 5.73 Å². The zero-order chi connectivity index (χ0) is 20.0.